The molecule has 0 aliphatic heterocycles. The van der Waals surface area contributed by atoms with Crippen molar-refractivity contribution >= 4 is 50.7 Å². The van der Waals surface area contributed by atoms with Gasteiger partial charge in [-0.1, -0.05) is 23.7 Å². The van der Waals surface area contributed by atoms with Crippen LogP contribution in [0.1, 0.15) is 20.0 Å². The van der Waals surface area contributed by atoms with Crippen LogP contribution in [-0.2, 0) is 0 Å². The van der Waals surface area contributed by atoms with Crippen LogP contribution in [0, 0.1) is 0 Å². The lowest BCUT2D eigenvalue weighted by atomic mass is 10.2. The number of benzene rings is 1. The Morgan fingerprint density at radius 1 is 1.10 bits per heavy atom. The number of hydrogen-bond acceptors (Lipinski definition) is 3. The lowest BCUT2D eigenvalue weighted by Gasteiger charge is -2.07. The first-order valence-corrected chi connectivity index (χ1v) is 8.18. The molecule has 1 aromatic heterocycles. The molecule has 2 rings (SSSR count). The van der Waals surface area contributed by atoms with E-state index in [0.717, 1.165) is 4.47 Å². The van der Waals surface area contributed by atoms with Crippen molar-refractivity contribution in [2.24, 2.45) is 0 Å². The van der Waals surface area contributed by atoms with Crippen LogP contribution >= 0.6 is 38.9 Å². The van der Waals surface area contributed by atoms with Gasteiger partial charge in [-0.2, -0.15) is 0 Å². The molecule has 0 aliphatic rings. The maximum atomic E-state index is 11.9. The van der Waals surface area contributed by atoms with Crippen LogP contribution in [-0.4, -0.2) is 24.9 Å². The molecule has 0 bridgehead atoms. The summed E-state index contributed by atoms with van der Waals surface area (Å²) in [4.78, 5) is 24.3. The third kappa shape index (κ3) is 4.30. The van der Waals surface area contributed by atoms with E-state index in [1.807, 2.05) is 11.4 Å². The molecule has 7 heteroatoms. The average Bonchev–Trinajstić information content (AvgIpc) is 2.90. The number of halogens is 2. The number of rotatable bonds is 5. The maximum absolute atomic E-state index is 11.9. The Morgan fingerprint density at radius 3 is 2.38 bits per heavy atom. The van der Waals surface area contributed by atoms with E-state index in [0.29, 0.717) is 28.6 Å². The third-order valence-electron chi connectivity index (χ3n) is 2.64. The Balaban J connectivity index is 1.78. The molecule has 1 aromatic carbocycles. The van der Waals surface area contributed by atoms with Crippen LogP contribution in [0.5, 0.6) is 0 Å². The molecule has 2 N–H and O–H groups in total. The second kappa shape index (κ2) is 7.59. The highest BCUT2D eigenvalue weighted by atomic mass is 79.9. The van der Waals surface area contributed by atoms with E-state index < -0.39 is 0 Å². The van der Waals surface area contributed by atoms with Gasteiger partial charge in [-0.05, 0) is 39.5 Å². The molecule has 1 heterocycles. The van der Waals surface area contributed by atoms with Crippen molar-refractivity contribution in [1.29, 1.82) is 0 Å². The molecule has 4 nitrogen and oxygen atoms in total. The summed E-state index contributed by atoms with van der Waals surface area (Å²) in [5.41, 5.74) is 0.423. The van der Waals surface area contributed by atoms with Crippen molar-refractivity contribution in [1.82, 2.24) is 10.6 Å². The fraction of sp³-hybridized carbons (Fsp3) is 0.143. The van der Waals surface area contributed by atoms with Crippen molar-refractivity contribution in [2.45, 2.75) is 0 Å². The minimum atomic E-state index is -0.257. The summed E-state index contributed by atoms with van der Waals surface area (Å²) in [7, 11) is 0. The average molecular weight is 388 g/mol. The van der Waals surface area contributed by atoms with E-state index in [1.165, 1.54) is 11.3 Å². The van der Waals surface area contributed by atoms with Crippen LogP contribution in [0.15, 0.2) is 40.2 Å². The number of hydrogen-bond donors (Lipinski definition) is 2. The maximum Gasteiger partial charge on any atom is 0.262 e. The van der Waals surface area contributed by atoms with E-state index in [9.17, 15) is 9.59 Å². The highest BCUT2D eigenvalue weighted by Gasteiger charge is 2.11. The van der Waals surface area contributed by atoms with Crippen LogP contribution in [0.3, 0.4) is 0 Å². The van der Waals surface area contributed by atoms with Gasteiger partial charge in [0.15, 0.2) is 0 Å². The molecule has 0 saturated heterocycles. The van der Waals surface area contributed by atoms with Crippen LogP contribution in [0.4, 0.5) is 0 Å². The van der Waals surface area contributed by atoms with Gasteiger partial charge < -0.3 is 10.6 Å². The number of thiophene rings is 1. The van der Waals surface area contributed by atoms with Crippen LogP contribution < -0.4 is 10.6 Å². The third-order valence-corrected chi connectivity index (χ3v) is 4.80. The largest absolute Gasteiger partial charge is 0.350 e. The van der Waals surface area contributed by atoms with Crippen molar-refractivity contribution < 1.29 is 9.59 Å². The Bertz CT molecular complexity index is 660. The molecule has 0 radical (unpaired) electrons. The van der Waals surface area contributed by atoms with Crippen molar-refractivity contribution in [3.05, 3.63) is 55.6 Å². The fourth-order valence-corrected chi connectivity index (χ4v) is 3.32. The molecule has 21 heavy (non-hydrogen) atoms. The van der Waals surface area contributed by atoms with Gasteiger partial charge in [-0.3, -0.25) is 9.59 Å². The van der Waals surface area contributed by atoms with E-state index >= 15 is 0 Å². The monoisotopic (exact) mass is 386 g/mol. The molecule has 0 fully saturated rings. The zero-order chi connectivity index (χ0) is 15.2. The topological polar surface area (TPSA) is 58.2 Å². The normalized spacial score (nSPS) is 10.2. The molecular weight excluding hydrogens is 376 g/mol. The van der Waals surface area contributed by atoms with Crippen molar-refractivity contribution in [3.8, 4) is 0 Å². The smallest absolute Gasteiger partial charge is 0.262 e. The number of carbonyl (C=O) groups excluding carboxylic acids is 2. The Labute approximate surface area is 139 Å². The van der Waals surface area contributed by atoms with Gasteiger partial charge in [0, 0.05) is 17.6 Å². The van der Waals surface area contributed by atoms with E-state index in [4.69, 9.17) is 11.6 Å². The molecular formula is C14H12BrClN2O2S. The van der Waals surface area contributed by atoms with Gasteiger partial charge in [-0.25, -0.2) is 0 Å². The summed E-state index contributed by atoms with van der Waals surface area (Å²) in [5, 5.41) is 7.69. The van der Waals surface area contributed by atoms with Crippen molar-refractivity contribution in [3.63, 3.8) is 0 Å². The molecule has 0 unspecified atom stereocenters. The van der Waals surface area contributed by atoms with Gasteiger partial charge in [0.05, 0.1) is 10.6 Å². The van der Waals surface area contributed by atoms with Gasteiger partial charge in [-0.15, -0.1) is 11.3 Å². The summed E-state index contributed by atoms with van der Waals surface area (Å²) in [6.45, 7) is 0.679. The quantitative estimate of drug-likeness (QED) is 0.773. The molecule has 0 atom stereocenters. The summed E-state index contributed by atoms with van der Waals surface area (Å²) in [5.74, 6) is -0.420. The predicted octanol–water partition coefficient (Wildman–Crippen LogP) is 3.32. The second-order valence-corrected chi connectivity index (χ2v) is 6.27. The first-order chi connectivity index (χ1) is 10.1. The van der Waals surface area contributed by atoms with Gasteiger partial charge in [0.1, 0.15) is 4.88 Å². The van der Waals surface area contributed by atoms with E-state index in [1.54, 1.807) is 24.3 Å². The number of carbonyl (C=O) groups is 2. The summed E-state index contributed by atoms with van der Waals surface area (Å²) >= 11 is 10.6. The van der Waals surface area contributed by atoms with Gasteiger partial charge >= 0.3 is 0 Å². The fourth-order valence-electron chi connectivity index (χ4n) is 1.63. The molecule has 0 aliphatic carbocycles. The standard InChI is InChI=1S/C14H12BrClN2O2S/c15-10-5-8-21-12(10)14(20)18-7-6-17-13(19)9-3-1-2-4-11(9)16/h1-5,8H,6-7H2,(H,17,19)(H,18,20). The minimum absolute atomic E-state index is 0.163. The number of amides is 2. The molecule has 2 amide bonds. The minimum Gasteiger partial charge on any atom is -0.350 e. The second-order valence-electron chi connectivity index (χ2n) is 4.09. The zero-order valence-corrected chi connectivity index (χ0v) is 14.0. The van der Waals surface area contributed by atoms with E-state index in [-0.39, 0.29) is 11.8 Å². The van der Waals surface area contributed by atoms with E-state index in [2.05, 4.69) is 26.6 Å². The Hall–Kier alpha value is -1.37. The highest BCUT2D eigenvalue weighted by molar-refractivity contribution is 9.10. The lowest BCUT2D eigenvalue weighted by Crippen LogP contribution is -2.34. The first kappa shape index (κ1) is 16.0. The Morgan fingerprint density at radius 2 is 1.76 bits per heavy atom. The molecule has 110 valence electrons. The summed E-state index contributed by atoms with van der Waals surface area (Å²) in [6, 6.07) is 8.64. The highest BCUT2D eigenvalue weighted by Crippen LogP contribution is 2.22. The van der Waals surface area contributed by atoms with Gasteiger partial charge in [0.25, 0.3) is 11.8 Å². The first-order valence-electron chi connectivity index (χ1n) is 6.13. The summed E-state index contributed by atoms with van der Waals surface area (Å²) < 4.78 is 0.769. The molecule has 2 aromatic rings. The lowest BCUT2D eigenvalue weighted by molar-refractivity contribution is 0.0929. The molecule has 0 spiro atoms. The SMILES string of the molecule is O=C(NCCNC(=O)c1sccc1Br)c1ccccc1Cl. The zero-order valence-electron chi connectivity index (χ0n) is 10.9. The predicted molar refractivity (Wildman–Crippen MR) is 88.1 cm³/mol. The van der Waals surface area contributed by atoms with Gasteiger partial charge in [0.2, 0.25) is 0 Å². The van der Waals surface area contributed by atoms with Crippen LogP contribution in [0.25, 0.3) is 0 Å². The molecule has 0 saturated carbocycles. The number of nitrogens with one attached hydrogen (secondary N) is 2. The van der Waals surface area contributed by atoms with Crippen molar-refractivity contribution in [2.75, 3.05) is 13.1 Å². The summed E-state index contributed by atoms with van der Waals surface area (Å²) in [6.07, 6.45) is 0. The van der Waals surface area contributed by atoms with Crippen LogP contribution in [0.2, 0.25) is 5.02 Å². The Kier molecular flexibility index (Phi) is 5.78.